The largest absolute Gasteiger partial charge is 0.399 e. The average molecular weight is 301 g/mol. The Bertz CT molecular complexity index is 800. The molecule has 5 nitrogen and oxygen atoms in total. The van der Waals surface area contributed by atoms with Crippen molar-refractivity contribution < 1.29 is 0 Å². The zero-order chi connectivity index (χ0) is 16.4. The molecule has 0 unspecified atom stereocenters. The van der Waals surface area contributed by atoms with Crippen molar-refractivity contribution in [1.82, 2.24) is 4.98 Å². The zero-order valence-corrected chi connectivity index (χ0v) is 12.5. The summed E-state index contributed by atoms with van der Waals surface area (Å²) >= 11 is 0. The quantitative estimate of drug-likeness (QED) is 0.857. The number of hydrogen-bond acceptors (Lipinski definition) is 5. The molecule has 0 aromatic carbocycles. The van der Waals surface area contributed by atoms with Crippen molar-refractivity contribution in [1.29, 1.82) is 15.8 Å². The van der Waals surface area contributed by atoms with Crippen LogP contribution in [0, 0.1) is 45.3 Å². The monoisotopic (exact) mass is 301 g/mol. The zero-order valence-electron chi connectivity index (χ0n) is 12.5. The molecule has 2 N–H and O–H groups in total. The number of rotatable bonds is 1. The van der Waals surface area contributed by atoms with Gasteiger partial charge in [-0.25, -0.2) is 0 Å². The van der Waals surface area contributed by atoms with E-state index in [4.69, 9.17) is 5.73 Å². The molecule has 2 aliphatic rings. The van der Waals surface area contributed by atoms with Crippen LogP contribution < -0.4 is 5.73 Å². The van der Waals surface area contributed by atoms with E-state index in [0.717, 1.165) is 30.4 Å². The SMILES string of the molecule is N#CC1=C(N)C(C#N)(C#N)[C@H](c2cccnc2)[C@@H]2CCCC=C12. The van der Waals surface area contributed by atoms with Crippen LogP contribution in [0.25, 0.3) is 0 Å². The Morgan fingerprint density at radius 3 is 2.65 bits per heavy atom. The molecule has 0 radical (unpaired) electrons. The second-order valence-corrected chi connectivity index (χ2v) is 5.89. The lowest BCUT2D eigenvalue weighted by Gasteiger charge is -2.43. The summed E-state index contributed by atoms with van der Waals surface area (Å²) < 4.78 is 0. The summed E-state index contributed by atoms with van der Waals surface area (Å²) in [7, 11) is 0. The third-order valence-corrected chi connectivity index (χ3v) is 4.84. The number of nitriles is 3. The van der Waals surface area contributed by atoms with Crippen LogP contribution in [-0.2, 0) is 0 Å². The van der Waals surface area contributed by atoms with E-state index < -0.39 is 11.3 Å². The van der Waals surface area contributed by atoms with Crippen molar-refractivity contribution in [3.05, 3.63) is 53.0 Å². The van der Waals surface area contributed by atoms with E-state index in [9.17, 15) is 15.8 Å². The van der Waals surface area contributed by atoms with Crippen LogP contribution in [0.4, 0.5) is 0 Å². The molecule has 0 fully saturated rings. The van der Waals surface area contributed by atoms with Gasteiger partial charge >= 0.3 is 0 Å². The predicted molar refractivity (Wildman–Crippen MR) is 82.9 cm³/mol. The van der Waals surface area contributed by atoms with Gasteiger partial charge in [-0.15, -0.1) is 0 Å². The van der Waals surface area contributed by atoms with Crippen LogP contribution in [0.15, 0.2) is 47.4 Å². The molecule has 1 aromatic heterocycles. The van der Waals surface area contributed by atoms with Crippen LogP contribution in [-0.4, -0.2) is 4.98 Å². The van der Waals surface area contributed by atoms with Crippen molar-refractivity contribution in [3.8, 4) is 18.2 Å². The maximum atomic E-state index is 9.81. The average Bonchev–Trinajstić information content (AvgIpc) is 2.61. The summed E-state index contributed by atoms with van der Waals surface area (Å²) in [5.74, 6) is -0.468. The Kier molecular flexibility index (Phi) is 3.61. The summed E-state index contributed by atoms with van der Waals surface area (Å²) in [5.41, 5.74) is 6.71. The van der Waals surface area contributed by atoms with Gasteiger partial charge in [0.25, 0.3) is 0 Å². The van der Waals surface area contributed by atoms with E-state index in [2.05, 4.69) is 23.2 Å². The molecule has 1 aromatic rings. The highest BCUT2D eigenvalue weighted by atomic mass is 14.7. The molecular weight excluding hydrogens is 286 g/mol. The third kappa shape index (κ3) is 2.00. The molecule has 0 spiro atoms. The van der Waals surface area contributed by atoms with Gasteiger partial charge in [0.1, 0.15) is 6.07 Å². The summed E-state index contributed by atoms with van der Waals surface area (Å²) in [6.07, 6.45) is 8.05. The molecule has 0 amide bonds. The minimum Gasteiger partial charge on any atom is -0.399 e. The first-order chi connectivity index (χ1) is 11.2. The highest BCUT2D eigenvalue weighted by molar-refractivity contribution is 5.58. The van der Waals surface area contributed by atoms with Crippen molar-refractivity contribution in [2.24, 2.45) is 17.1 Å². The van der Waals surface area contributed by atoms with Crippen molar-refractivity contribution in [2.45, 2.75) is 25.2 Å². The Balaban J connectivity index is 2.33. The number of aromatic nitrogens is 1. The van der Waals surface area contributed by atoms with Gasteiger partial charge in [-0.3, -0.25) is 4.98 Å². The van der Waals surface area contributed by atoms with Gasteiger partial charge < -0.3 is 5.73 Å². The van der Waals surface area contributed by atoms with Gasteiger partial charge in [0, 0.05) is 18.3 Å². The van der Waals surface area contributed by atoms with E-state index in [-0.39, 0.29) is 11.6 Å². The third-order valence-electron chi connectivity index (χ3n) is 4.84. The molecule has 0 bridgehead atoms. The fourth-order valence-electron chi connectivity index (χ4n) is 3.81. The fraction of sp³-hybridized carbons (Fsp3) is 0.333. The van der Waals surface area contributed by atoms with Gasteiger partial charge in [0.15, 0.2) is 5.41 Å². The summed E-state index contributed by atoms with van der Waals surface area (Å²) in [5, 5.41) is 29.1. The lowest BCUT2D eigenvalue weighted by Crippen LogP contribution is -2.42. The minimum atomic E-state index is -1.53. The minimum absolute atomic E-state index is 0.0609. The van der Waals surface area contributed by atoms with Crippen LogP contribution >= 0.6 is 0 Å². The first-order valence-electron chi connectivity index (χ1n) is 7.52. The number of allylic oxidation sites excluding steroid dienone is 4. The van der Waals surface area contributed by atoms with Gasteiger partial charge in [0.05, 0.1) is 23.4 Å². The van der Waals surface area contributed by atoms with E-state index in [0.29, 0.717) is 5.57 Å². The Hall–Kier alpha value is -3.10. The lowest BCUT2D eigenvalue weighted by atomic mass is 9.57. The topological polar surface area (TPSA) is 110 Å². The Morgan fingerprint density at radius 1 is 1.26 bits per heavy atom. The van der Waals surface area contributed by atoms with Crippen molar-refractivity contribution >= 4 is 0 Å². The summed E-state index contributed by atoms with van der Waals surface area (Å²) in [4.78, 5) is 4.14. The molecule has 0 aliphatic heterocycles. The van der Waals surface area contributed by atoms with E-state index in [1.807, 2.05) is 12.1 Å². The van der Waals surface area contributed by atoms with Gasteiger partial charge in [-0.2, -0.15) is 15.8 Å². The number of nitrogens with two attached hydrogens (primary N) is 1. The van der Waals surface area contributed by atoms with E-state index >= 15 is 0 Å². The van der Waals surface area contributed by atoms with Crippen LogP contribution in [0.5, 0.6) is 0 Å². The van der Waals surface area contributed by atoms with Gasteiger partial charge in [-0.05, 0) is 42.4 Å². The highest BCUT2D eigenvalue weighted by Gasteiger charge is 2.53. The normalized spacial score (nSPS) is 25.3. The van der Waals surface area contributed by atoms with Crippen LogP contribution in [0.3, 0.4) is 0 Å². The molecule has 3 rings (SSSR count). The summed E-state index contributed by atoms with van der Waals surface area (Å²) in [6, 6.07) is 10.0. The Labute approximate surface area is 135 Å². The number of hydrogen-bond donors (Lipinski definition) is 1. The van der Waals surface area contributed by atoms with Crippen molar-refractivity contribution in [3.63, 3.8) is 0 Å². The molecule has 112 valence electrons. The first-order valence-corrected chi connectivity index (χ1v) is 7.52. The standard InChI is InChI=1S/C18H15N5/c19-8-15-13-5-1-2-6-14(13)16(12-4-3-7-23-9-12)18(10-20,11-21)17(15)22/h3-5,7,9,14,16H,1-2,6,22H2/t14-,16-/m1/s1. The molecular formula is C18H15N5. The molecule has 1 heterocycles. The van der Waals surface area contributed by atoms with Crippen LogP contribution in [0.1, 0.15) is 30.7 Å². The number of pyridine rings is 1. The van der Waals surface area contributed by atoms with Gasteiger partial charge in [-0.1, -0.05) is 12.1 Å². The maximum Gasteiger partial charge on any atom is 0.191 e. The van der Waals surface area contributed by atoms with Gasteiger partial charge in [0.2, 0.25) is 0 Å². The first kappa shape index (κ1) is 14.8. The lowest BCUT2D eigenvalue weighted by molar-refractivity contribution is 0.317. The second kappa shape index (κ2) is 5.59. The highest BCUT2D eigenvalue weighted by Crippen LogP contribution is 2.55. The fourth-order valence-corrected chi connectivity index (χ4v) is 3.81. The number of fused-ring (bicyclic) bond motifs is 1. The Morgan fingerprint density at radius 2 is 2.04 bits per heavy atom. The molecule has 0 saturated heterocycles. The summed E-state index contributed by atoms with van der Waals surface area (Å²) in [6.45, 7) is 0. The van der Waals surface area contributed by atoms with Crippen molar-refractivity contribution in [2.75, 3.05) is 0 Å². The molecule has 2 aliphatic carbocycles. The molecule has 2 atom stereocenters. The van der Waals surface area contributed by atoms with E-state index in [1.54, 1.807) is 18.5 Å². The molecule has 23 heavy (non-hydrogen) atoms. The smallest absolute Gasteiger partial charge is 0.191 e. The second-order valence-electron chi connectivity index (χ2n) is 5.89. The number of nitrogens with zero attached hydrogens (tertiary/aromatic N) is 4. The van der Waals surface area contributed by atoms with E-state index in [1.165, 1.54) is 0 Å². The maximum absolute atomic E-state index is 9.81. The predicted octanol–water partition coefficient (Wildman–Crippen LogP) is 2.68. The molecule has 5 heteroatoms. The van der Waals surface area contributed by atoms with Crippen LogP contribution in [0.2, 0.25) is 0 Å². The molecule has 0 saturated carbocycles.